The van der Waals surface area contributed by atoms with E-state index in [2.05, 4.69) is 10.3 Å². The summed E-state index contributed by atoms with van der Waals surface area (Å²) < 4.78 is 1.09. The van der Waals surface area contributed by atoms with Gasteiger partial charge in [-0.1, -0.05) is 6.07 Å². The Morgan fingerprint density at radius 2 is 2.38 bits per heavy atom. The van der Waals surface area contributed by atoms with Gasteiger partial charge >= 0.3 is 0 Å². The number of nitrogens with one attached hydrogen (secondary N) is 1. The van der Waals surface area contributed by atoms with Gasteiger partial charge in [-0.15, -0.1) is 11.3 Å². The summed E-state index contributed by atoms with van der Waals surface area (Å²) in [6.45, 7) is 1.49. The number of aromatic nitrogens is 1. The van der Waals surface area contributed by atoms with E-state index in [0.29, 0.717) is 0 Å². The number of hydrogen-bond acceptors (Lipinski definition) is 3. The molecule has 0 bridgehead atoms. The smallest absolute Gasteiger partial charge is 0.221 e. The molecular formula is C9H8N2OS. The van der Waals surface area contributed by atoms with Gasteiger partial charge in [0.2, 0.25) is 5.91 Å². The van der Waals surface area contributed by atoms with E-state index in [9.17, 15) is 4.79 Å². The van der Waals surface area contributed by atoms with Crippen LogP contribution in [0.25, 0.3) is 10.2 Å². The molecule has 0 saturated carbocycles. The van der Waals surface area contributed by atoms with Gasteiger partial charge < -0.3 is 5.32 Å². The molecule has 0 aliphatic carbocycles. The normalized spacial score (nSPS) is 10.2. The highest BCUT2D eigenvalue weighted by Gasteiger charge is 2.03. The molecule has 2 aromatic rings. The van der Waals surface area contributed by atoms with Crippen LogP contribution in [0.3, 0.4) is 0 Å². The lowest BCUT2D eigenvalue weighted by molar-refractivity contribution is -0.114. The molecule has 1 aromatic heterocycles. The fraction of sp³-hybridized carbons (Fsp3) is 0.111. The second-order valence-corrected chi connectivity index (χ2v) is 3.57. The SMILES string of the molecule is CC(=O)Nc1cccc2scnc12. The molecule has 4 heteroatoms. The van der Waals surface area contributed by atoms with Crippen molar-refractivity contribution in [3.8, 4) is 0 Å². The number of fused-ring (bicyclic) bond motifs is 1. The van der Waals surface area contributed by atoms with E-state index in [1.165, 1.54) is 6.92 Å². The molecule has 66 valence electrons. The van der Waals surface area contributed by atoms with Gasteiger partial charge in [0.1, 0.15) is 5.52 Å². The molecule has 0 fully saturated rings. The molecule has 0 atom stereocenters. The van der Waals surface area contributed by atoms with Crippen LogP contribution in [-0.2, 0) is 4.79 Å². The quantitative estimate of drug-likeness (QED) is 0.753. The molecule has 1 N–H and O–H groups in total. The molecule has 3 nitrogen and oxygen atoms in total. The second kappa shape index (κ2) is 3.14. The maximum absolute atomic E-state index is 10.8. The van der Waals surface area contributed by atoms with Gasteiger partial charge in [-0.25, -0.2) is 4.98 Å². The third-order valence-corrected chi connectivity index (χ3v) is 2.47. The fourth-order valence-corrected chi connectivity index (χ4v) is 1.88. The Kier molecular flexibility index (Phi) is 1.98. The number of benzene rings is 1. The number of hydrogen-bond donors (Lipinski definition) is 1. The van der Waals surface area contributed by atoms with Crippen molar-refractivity contribution in [1.82, 2.24) is 4.98 Å². The van der Waals surface area contributed by atoms with Crippen LogP contribution in [0.15, 0.2) is 23.7 Å². The zero-order chi connectivity index (χ0) is 9.26. The molecule has 0 spiro atoms. The maximum atomic E-state index is 10.8. The summed E-state index contributed by atoms with van der Waals surface area (Å²) in [7, 11) is 0. The number of carbonyl (C=O) groups is 1. The molecule has 1 heterocycles. The molecule has 0 aliphatic rings. The van der Waals surface area contributed by atoms with Gasteiger partial charge in [0.15, 0.2) is 0 Å². The summed E-state index contributed by atoms with van der Waals surface area (Å²) in [6, 6.07) is 5.74. The first-order chi connectivity index (χ1) is 6.27. The topological polar surface area (TPSA) is 42.0 Å². The first-order valence-corrected chi connectivity index (χ1v) is 4.75. The number of nitrogens with zero attached hydrogens (tertiary/aromatic N) is 1. The second-order valence-electron chi connectivity index (χ2n) is 2.69. The monoisotopic (exact) mass is 192 g/mol. The van der Waals surface area contributed by atoms with Gasteiger partial charge in [-0.3, -0.25) is 4.79 Å². The number of rotatable bonds is 1. The largest absolute Gasteiger partial charge is 0.324 e. The van der Waals surface area contributed by atoms with Crippen LogP contribution in [0.1, 0.15) is 6.92 Å². The summed E-state index contributed by atoms with van der Waals surface area (Å²) in [5, 5.41) is 2.74. The predicted molar refractivity (Wildman–Crippen MR) is 53.9 cm³/mol. The Hall–Kier alpha value is -1.42. The van der Waals surface area contributed by atoms with Gasteiger partial charge in [0, 0.05) is 6.92 Å². The Labute approximate surface area is 79.4 Å². The van der Waals surface area contributed by atoms with Crippen LogP contribution < -0.4 is 5.32 Å². The molecule has 0 radical (unpaired) electrons. The summed E-state index contributed by atoms with van der Waals surface area (Å²) in [4.78, 5) is 15.0. The maximum Gasteiger partial charge on any atom is 0.221 e. The number of para-hydroxylation sites is 1. The van der Waals surface area contributed by atoms with Crippen molar-refractivity contribution in [2.24, 2.45) is 0 Å². The van der Waals surface area contributed by atoms with E-state index < -0.39 is 0 Å². The highest BCUT2D eigenvalue weighted by atomic mass is 32.1. The summed E-state index contributed by atoms with van der Waals surface area (Å²) in [5.41, 5.74) is 3.42. The van der Waals surface area contributed by atoms with Gasteiger partial charge in [-0.2, -0.15) is 0 Å². The third kappa shape index (κ3) is 1.53. The Balaban J connectivity index is 2.54. The molecule has 0 unspecified atom stereocenters. The number of anilines is 1. The van der Waals surface area contributed by atoms with Crippen molar-refractivity contribution in [2.75, 3.05) is 5.32 Å². The molecule has 2 rings (SSSR count). The van der Waals surface area contributed by atoms with Gasteiger partial charge in [0.05, 0.1) is 15.9 Å². The standard InChI is InChI=1S/C9H8N2OS/c1-6(12)11-7-3-2-4-8-9(7)10-5-13-8/h2-5H,1H3,(H,11,12). The molecule has 1 amide bonds. The number of carbonyl (C=O) groups excluding carboxylic acids is 1. The number of thiazole rings is 1. The van der Waals surface area contributed by atoms with Crippen molar-refractivity contribution in [3.63, 3.8) is 0 Å². The van der Waals surface area contributed by atoms with Crippen LogP contribution in [0, 0.1) is 0 Å². The van der Waals surface area contributed by atoms with Crippen molar-refractivity contribution >= 4 is 33.1 Å². The van der Waals surface area contributed by atoms with E-state index in [1.54, 1.807) is 16.8 Å². The first kappa shape index (κ1) is 8.19. The lowest BCUT2D eigenvalue weighted by atomic mass is 10.3. The fourth-order valence-electron chi connectivity index (χ4n) is 1.18. The number of amides is 1. The van der Waals surface area contributed by atoms with Crippen LogP contribution in [0.4, 0.5) is 5.69 Å². The van der Waals surface area contributed by atoms with Crippen molar-refractivity contribution in [1.29, 1.82) is 0 Å². The Morgan fingerprint density at radius 3 is 3.15 bits per heavy atom. The minimum atomic E-state index is -0.0690. The molecule has 13 heavy (non-hydrogen) atoms. The molecule has 0 saturated heterocycles. The zero-order valence-corrected chi connectivity index (χ0v) is 7.89. The van der Waals surface area contributed by atoms with E-state index >= 15 is 0 Å². The summed E-state index contributed by atoms with van der Waals surface area (Å²) in [6.07, 6.45) is 0. The minimum absolute atomic E-state index is 0.0690. The zero-order valence-electron chi connectivity index (χ0n) is 7.07. The van der Waals surface area contributed by atoms with E-state index in [4.69, 9.17) is 0 Å². The first-order valence-electron chi connectivity index (χ1n) is 3.87. The van der Waals surface area contributed by atoms with Gasteiger partial charge in [0.25, 0.3) is 0 Å². The predicted octanol–water partition coefficient (Wildman–Crippen LogP) is 2.25. The summed E-state index contributed by atoms with van der Waals surface area (Å²) in [5.74, 6) is -0.0690. The highest BCUT2D eigenvalue weighted by Crippen LogP contribution is 2.24. The van der Waals surface area contributed by atoms with E-state index in [-0.39, 0.29) is 5.91 Å². The van der Waals surface area contributed by atoms with E-state index in [1.807, 2.05) is 18.2 Å². The third-order valence-electron chi connectivity index (χ3n) is 1.67. The highest BCUT2D eigenvalue weighted by molar-refractivity contribution is 7.16. The van der Waals surface area contributed by atoms with Crippen LogP contribution in [0.2, 0.25) is 0 Å². The average molecular weight is 192 g/mol. The lowest BCUT2D eigenvalue weighted by Crippen LogP contribution is -2.05. The molecule has 0 aliphatic heterocycles. The van der Waals surface area contributed by atoms with Crippen LogP contribution >= 0.6 is 11.3 Å². The average Bonchev–Trinajstić information content (AvgIpc) is 2.51. The summed E-state index contributed by atoms with van der Waals surface area (Å²) >= 11 is 1.57. The Morgan fingerprint density at radius 1 is 1.54 bits per heavy atom. The van der Waals surface area contributed by atoms with Crippen molar-refractivity contribution in [2.45, 2.75) is 6.92 Å². The van der Waals surface area contributed by atoms with E-state index in [0.717, 1.165) is 15.9 Å². The minimum Gasteiger partial charge on any atom is -0.324 e. The van der Waals surface area contributed by atoms with Crippen LogP contribution in [0.5, 0.6) is 0 Å². The Bertz CT molecular complexity index is 450. The molecular weight excluding hydrogens is 184 g/mol. The van der Waals surface area contributed by atoms with Crippen molar-refractivity contribution < 1.29 is 4.79 Å². The van der Waals surface area contributed by atoms with Crippen LogP contribution in [-0.4, -0.2) is 10.9 Å². The molecule has 1 aromatic carbocycles. The van der Waals surface area contributed by atoms with Gasteiger partial charge in [-0.05, 0) is 12.1 Å². The lowest BCUT2D eigenvalue weighted by Gasteiger charge is -2.01. The van der Waals surface area contributed by atoms with Crippen molar-refractivity contribution in [3.05, 3.63) is 23.7 Å².